The number of carbonyl (C=O) groups is 3. The minimum Gasteiger partial charge on any atom is -0.465 e. The molecule has 0 aromatic heterocycles. The maximum Gasteiger partial charge on any atom is 0.423 e. The van der Waals surface area contributed by atoms with Crippen LogP contribution in [-0.4, -0.2) is 56.9 Å². The summed E-state index contributed by atoms with van der Waals surface area (Å²) < 4.78 is 84.9. The van der Waals surface area contributed by atoms with Gasteiger partial charge in [-0.1, -0.05) is 66.7 Å². The number of hydrogen-bond acceptors (Lipinski definition) is 9. The fourth-order valence-corrected chi connectivity index (χ4v) is 6.89. The van der Waals surface area contributed by atoms with Gasteiger partial charge in [0.25, 0.3) is 0 Å². The summed E-state index contributed by atoms with van der Waals surface area (Å²) in [5.74, 6) is -1.83. The first-order chi connectivity index (χ1) is 21.9. The minimum absolute atomic E-state index is 0.111. The van der Waals surface area contributed by atoms with Crippen molar-refractivity contribution >= 4 is 25.6 Å². The van der Waals surface area contributed by atoms with E-state index in [4.69, 9.17) is 23.3 Å². The highest BCUT2D eigenvalue weighted by molar-refractivity contribution is 7.55. The molecule has 1 atom stereocenters. The van der Waals surface area contributed by atoms with Crippen LogP contribution in [0.1, 0.15) is 52.1 Å². The van der Waals surface area contributed by atoms with Gasteiger partial charge in [-0.3, -0.25) is 9.88 Å². The molecule has 14 heteroatoms. The highest BCUT2D eigenvalue weighted by atomic mass is 31.2. The molecule has 0 aliphatic rings. The average Bonchev–Trinajstić information content (AvgIpc) is 3.05. The number of alkyl carbamates (subject to hydrolysis) is 1. The third-order valence-electron chi connectivity index (χ3n) is 6.91. The van der Waals surface area contributed by atoms with Gasteiger partial charge in [-0.15, -0.1) is 0 Å². The first-order valence-electron chi connectivity index (χ1n) is 14.2. The van der Waals surface area contributed by atoms with E-state index >= 15 is 13.2 Å². The number of hydrogen-bond donors (Lipinski definition) is 1. The molecule has 0 bridgehead atoms. The number of carbonyl (C=O) groups excluding carboxylic acids is 3. The van der Waals surface area contributed by atoms with Gasteiger partial charge in [0.1, 0.15) is 6.61 Å². The number of benzene rings is 3. The molecule has 10 nitrogen and oxygen atoms in total. The first kappa shape index (κ1) is 36.3. The maximum absolute atomic E-state index is 15.2. The van der Waals surface area contributed by atoms with E-state index in [0.717, 1.165) is 14.2 Å². The van der Waals surface area contributed by atoms with Crippen molar-refractivity contribution < 1.29 is 55.4 Å². The molecule has 0 saturated heterocycles. The van der Waals surface area contributed by atoms with Gasteiger partial charge < -0.3 is 23.3 Å². The summed E-state index contributed by atoms with van der Waals surface area (Å²) in [6.45, 7) is 1.43. The normalized spacial score (nSPS) is 12.9. The third-order valence-corrected chi connectivity index (χ3v) is 9.63. The van der Waals surface area contributed by atoms with Crippen molar-refractivity contribution in [3.05, 3.63) is 95.1 Å². The van der Waals surface area contributed by atoms with Gasteiger partial charge in [-0.25, -0.2) is 14.4 Å². The Balaban J connectivity index is 2.17. The Kier molecular flexibility index (Phi) is 12.5. The number of esters is 2. The largest absolute Gasteiger partial charge is 0.465 e. The Morgan fingerprint density at radius 3 is 1.89 bits per heavy atom. The number of rotatable bonds is 14. The molecule has 0 heterocycles. The molecule has 0 aliphatic heterocycles. The summed E-state index contributed by atoms with van der Waals surface area (Å²) in [5, 5.41) is -1.79. The zero-order valence-corrected chi connectivity index (χ0v) is 26.6. The summed E-state index contributed by atoms with van der Waals surface area (Å²) in [6, 6.07) is 19.2. The molecule has 1 unspecified atom stereocenters. The van der Waals surface area contributed by atoms with E-state index in [-0.39, 0.29) is 28.9 Å². The third kappa shape index (κ3) is 8.14. The van der Waals surface area contributed by atoms with Crippen molar-refractivity contribution in [2.45, 2.75) is 44.8 Å². The van der Waals surface area contributed by atoms with E-state index in [2.05, 4.69) is 0 Å². The van der Waals surface area contributed by atoms with E-state index in [1.165, 1.54) is 26.0 Å². The Bertz CT molecular complexity index is 1540. The lowest BCUT2D eigenvalue weighted by molar-refractivity contribution is -0.176. The Labute approximate surface area is 264 Å². The summed E-state index contributed by atoms with van der Waals surface area (Å²) >= 11 is 0. The highest BCUT2D eigenvalue weighted by Gasteiger charge is 2.69. The second kappa shape index (κ2) is 15.9. The van der Waals surface area contributed by atoms with Crippen molar-refractivity contribution in [1.82, 2.24) is 5.32 Å². The van der Waals surface area contributed by atoms with E-state index in [0.29, 0.717) is 11.1 Å². The fourth-order valence-electron chi connectivity index (χ4n) is 4.77. The first-order valence-corrected chi connectivity index (χ1v) is 15.7. The molecule has 248 valence electrons. The molecule has 0 fully saturated rings. The van der Waals surface area contributed by atoms with Gasteiger partial charge in [0.2, 0.25) is 5.28 Å². The van der Waals surface area contributed by atoms with Gasteiger partial charge >= 0.3 is 31.8 Å². The topological polar surface area (TPSA) is 126 Å². The van der Waals surface area contributed by atoms with Crippen LogP contribution in [0.5, 0.6) is 0 Å². The lowest BCUT2D eigenvalue weighted by Crippen LogP contribution is -2.59. The molecule has 3 rings (SSSR count). The van der Waals surface area contributed by atoms with Crippen LogP contribution < -0.4 is 5.32 Å². The van der Waals surface area contributed by atoms with Gasteiger partial charge in [0.05, 0.1) is 38.6 Å². The molecule has 46 heavy (non-hydrogen) atoms. The van der Waals surface area contributed by atoms with Gasteiger partial charge in [-0.2, -0.15) is 13.2 Å². The standard InChI is InChI=1S/C32H35F3NO9P/c1-5-44-46(40,45-6-2)31(32(33,34)35,36-30(39)43-21-22-13-9-7-10-14-22)18-17-23-19-25(24-15-11-8-12-16-24)27(29(38)42-4)26(20-23)28(37)41-3/h7-16,19-20H,5-6,17-18,21H2,1-4H3,(H,36,39). The van der Waals surface area contributed by atoms with Crippen molar-refractivity contribution in [1.29, 1.82) is 0 Å². The number of amides is 1. The number of nitrogens with one attached hydrogen (secondary N) is 1. The molecule has 0 saturated carbocycles. The summed E-state index contributed by atoms with van der Waals surface area (Å²) in [5.41, 5.74) is 0.812. The van der Waals surface area contributed by atoms with E-state index in [1.54, 1.807) is 66.0 Å². The molecule has 3 aromatic rings. The van der Waals surface area contributed by atoms with E-state index < -0.39 is 63.1 Å². The Morgan fingerprint density at radius 2 is 1.37 bits per heavy atom. The number of methoxy groups -OCH3 is 2. The lowest BCUT2D eigenvalue weighted by atomic mass is 9.90. The number of halogens is 3. The molecule has 1 N–H and O–H groups in total. The monoisotopic (exact) mass is 665 g/mol. The van der Waals surface area contributed by atoms with Crippen LogP contribution in [-0.2, 0) is 40.9 Å². The van der Waals surface area contributed by atoms with Crippen molar-refractivity contribution in [2.75, 3.05) is 27.4 Å². The molecular weight excluding hydrogens is 630 g/mol. The molecule has 0 aliphatic carbocycles. The average molecular weight is 666 g/mol. The van der Waals surface area contributed by atoms with Crippen molar-refractivity contribution in [2.24, 2.45) is 0 Å². The fraction of sp³-hybridized carbons (Fsp3) is 0.344. The predicted molar refractivity (Wildman–Crippen MR) is 162 cm³/mol. The predicted octanol–water partition coefficient (Wildman–Crippen LogP) is 7.31. The van der Waals surface area contributed by atoms with Crippen LogP contribution in [0.3, 0.4) is 0 Å². The van der Waals surface area contributed by atoms with E-state index in [9.17, 15) is 18.9 Å². The number of ether oxygens (including phenoxy) is 3. The summed E-state index contributed by atoms with van der Waals surface area (Å²) in [4.78, 5) is 38.6. The van der Waals surface area contributed by atoms with Crippen LogP contribution in [0, 0.1) is 0 Å². The van der Waals surface area contributed by atoms with Crippen LogP contribution in [0.2, 0.25) is 0 Å². The highest BCUT2D eigenvalue weighted by Crippen LogP contribution is 2.66. The zero-order valence-electron chi connectivity index (χ0n) is 25.7. The van der Waals surface area contributed by atoms with Crippen molar-refractivity contribution in [3.8, 4) is 11.1 Å². The number of aryl methyl sites for hydroxylation is 1. The van der Waals surface area contributed by atoms with Crippen LogP contribution >= 0.6 is 7.60 Å². The quantitative estimate of drug-likeness (QED) is 0.107. The second-order valence-electron chi connectivity index (χ2n) is 9.79. The van der Waals surface area contributed by atoms with Crippen LogP contribution in [0.25, 0.3) is 11.1 Å². The maximum atomic E-state index is 15.2. The molecule has 3 aromatic carbocycles. The van der Waals surface area contributed by atoms with E-state index in [1.807, 2.05) is 0 Å². The van der Waals surface area contributed by atoms with Crippen molar-refractivity contribution in [3.63, 3.8) is 0 Å². The molecule has 1 amide bonds. The van der Waals surface area contributed by atoms with Gasteiger partial charge in [-0.05, 0) is 55.0 Å². The van der Waals surface area contributed by atoms with Gasteiger partial charge in [0.15, 0.2) is 0 Å². The number of alkyl halides is 3. The lowest BCUT2D eigenvalue weighted by Gasteiger charge is -2.40. The minimum atomic E-state index is -5.39. The smallest absolute Gasteiger partial charge is 0.423 e. The van der Waals surface area contributed by atoms with Gasteiger partial charge in [0, 0.05) is 0 Å². The molecule has 0 radical (unpaired) electrons. The molecular formula is C32H35F3NO9P. The SMILES string of the molecule is CCOP(=O)(OCC)C(CCc1cc(C(=O)OC)c(C(=O)OC)c(-c2ccccc2)c1)(NC(=O)OCc1ccccc1)C(F)(F)F. The second-order valence-corrected chi connectivity index (χ2v) is 12.1. The summed E-state index contributed by atoms with van der Waals surface area (Å²) in [7, 11) is -3.01. The van der Waals surface area contributed by atoms with Crippen LogP contribution in [0.4, 0.5) is 18.0 Å². The zero-order chi connectivity index (χ0) is 34.0. The summed E-state index contributed by atoms with van der Waals surface area (Å²) in [6.07, 6.45) is -8.51. The Hall–Kier alpha value is -4.19. The Morgan fingerprint density at radius 1 is 0.804 bits per heavy atom. The van der Waals surface area contributed by atoms with Crippen LogP contribution in [0.15, 0.2) is 72.8 Å². The molecule has 0 spiro atoms.